The average Bonchev–Trinajstić information content (AvgIpc) is 2.68. The lowest BCUT2D eigenvalue weighted by atomic mass is 9.99. The summed E-state index contributed by atoms with van der Waals surface area (Å²) in [5, 5.41) is 9.78. The molecule has 0 saturated carbocycles. The first kappa shape index (κ1) is 18.4. The monoisotopic (exact) mass is 356 g/mol. The number of nitrogens with zero attached hydrogens (tertiary/aromatic N) is 2. The van der Waals surface area contributed by atoms with Gasteiger partial charge in [-0.25, -0.2) is 0 Å². The maximum Gasteiger partial charge on any atom is 0.325 e. The van der Waals surface area contributed by atoms with Crippen LogP contribution in [-0.2, 0) is 16.1 Å². The minimum absolute atomic E-state index is 0.138. The summed E-state index contributed by atoms with van der Waals surface area (Å²) < 4.78 is 11.3. The van der Waals surface area contributed by atoms with Crippen LogP contribution >= 0.6 is 0 Å². The predicted molar refractivity (Wildman–Crippen MR) is 97.0 cm³/mol. The van der Waals surface area contributed by atoms with E-state index in [9.17, 15) is 9.90 Å². The molecular weight excluding hydrogens is 332 g/mol. The molecule has 1 aromatic heterocycles. The molecule has 0 unspecified atom stereocenters. The van der Waals surface area contributed by atoms with Gasteiger partial charge in [-0.2, -0.15) is 0 Å². The summed E-state index contributed by atoms with van der Waals surface area (Å²) in [6.45, 7) is 1.88. The Labute approximate surface area is 153 Å². The summed E-state index contributed by atoms with van der Waals surface area (Å²) >= 11 is 0. The van der Waals surface area contributed by atoms with Crippen molar-refractivity contribution in [2.24, 2.45) is 0 Å². The molecule has 1 aliphatic heterocycles. The Morgan fingerprint density at radius 2 is 2.04 bits per heavy atom. The smallest absolute Gasteiger partial charge is 0.325 e. The molecule has 3 rings (SSSR count). The Balaban J connectivity index is 1.61. The van der Waals surface area contributed by atoms with E-state index in [1.807, 2.05) is 35.2 Å². The first-order chi connectivity index (χ1) is 12.7. The molecule has 0 aliphatic carbocycles. The molecule has 1 aliphatic rings. The Morgan fingerprint density at radius 3 is 2.69 bits per heavy atom. The molecule has 0 amide bonds. The van der Waals surface area contributed by atoms with Crippen molar-refractivity contribution in [2.75, 3.05) is 20.2 Å². The molecule has 26 heavy (non-hydrogen) atoms. The third-order valence-corrected chi connectivity index (χ3v) is 4.72. The van der Waals surface area contributed by atoms with Crippen LogP contribution in [0.15, 0.2) is 48.8 Å². The van der Waals surface area contributed by atoms with E-state index in [1.54, 1.807) is 25.6 Å². The van der Waals surface area contributed by atoms with Crippen molar-refractivity contribution in [3.8, 4) is 5.75 Å². The number of piperidine rings is 1. The van der Waals surface area contributed by atoms with E-state index in [0.717, 1.165) is 18.4 Å². The summed E-state index contributed by atoms with van der Waals surface area (Å²) in [4.78, 5) is 18.0. The standard InChI is InChI=1S/C20H24N2O4/c1-25-18-7-3-2-6-17(18)19(20(23)24)22-11-8-16(9-12-22)26-14-15-5-4-10-21-13-15/h2-7,10,13,16,19H,8-9,11-12,14H2,1H3,(H,23,24)/t19-/m1/s1. The lowest BCUT2D eigenvalue weighted by Gasteiger charge is -2.36. The second kappa shape index (κ2) is 8.78. The van der Waals surface area contributed by atoms with Crippen LogP contribution in [0.25, 0.3) is 0 Å². The Hall–Kier alpha value is -2.44. The van der Waals surface area contributed by atoms with Gasteiger partial charge in [0.2, 0.25) is 0 Å². The van der Waals surface area contributed by atoms with Gasteiger partial charge in [0.15, 0.2) is 0 Å². The molecule has 2 heterocycles. The molecule has 0 bridgehead atoms. The first-order valence-electron chi connectivity index (χ1n) is 8.79. The number of carbonyl (C=O) groups is 1. The number of aromatic nitrogens is 1. The van der Waals surface area contributed by atoms with Crippen LogP contribution < -0.4 is 4.74 Å². The highest BCUT2D eigenvalue weighted by Gasteiger charge is 2.33. The van der Waals surface area contributed by atoms with E-state index in [-0.39, 0.29) is 6.10 Å². The zero-order valence-electron chi connectivity index (χ0n) is 14.9. The van der Waals surface area contributed by atoms with Gasteiger partial charge in [-0.3, -0.25) is 14.7 Å². The topological polar surface area (TPSA) is 71.9 Å². The van der Waals surface area contributed by atoms with Gasteiger partial charge in [0.05, 0.1) is 19.8 Å². The third-order valence-electron chi connectivity index (χ3n) is 4.72. The quantitative estimate of drug-likeness (QED) is 0.822. The minimum atomic E-state index is -0.857. The number of hydrogen-bond donors (Lipinski definition) is 1. The number of benzene rings is 1. The summed E-state index contributed by atoms with van der Waals surface area (Å²) in [5.41, 5.74) is 1.74. The van der Waals surface area contributed by atoms with Gasteiger partial charge in [-0.1, -0.05) is 24.3 Å². The maximum absolute atomic E-state index is 11.9. The summed E-state index contributed by atoms with van der Waals surface area (Å²) in [5.74, 6) is -0.251. The van der Waals surface area contributed by atoms with E-state index in [4.69, 9.17) is 9.47 Å². The number of rotatable bonds is 7. The number of aliphatic carboxylic acids is 1. The normalized spacial score (nSPS) is 17.0. The fourth-order valence-electron chi connectivity index (χ4n) is 3.38. The average molecular weight is 356 g/mol. The number of methoxy groups -OCH3 is 1. The van der Waals surface area contributed by atoms with Gasteiger partial charge in [0, 0.05) is 31.0 Å². The summed E-state index contributed by atoms with van der Waals surface area (Å²) in [7, 11) is 1.57. The lowest BCUT2D eigenvalue weighted by Crippen LogP contribution is -2.42. The molecule has 138 valence electrons. The number of ether oxygens (including phenoxy) is 2. The Kier molecular flexibility index (Phi) is 6.20. The Morgan fingerprint density at radius 1 is 1.27 bits per heavy atom. The van der Waals surface area contributed by atoms with Gasteiger partial charge < -0.3 is 14.6 Å². The van der Waals surface area contributed by atoms with Crippen LogP contribution in [0, 0.1) is 0 Å². The molecule has 1 saturated heterocycles. The molecule has 6 nitrogen and oxygen atoms in total. The molecule has 1 aromatic carbocycles. The molecule has 1 fully saturated rings. The SMILES string of the molecule is COc1ccccc1[C@H](C(=O)O)N1CCC(OCc2cccnc2)CC1. The zero-order valence-corrected chi connectivity index (χ0v) is 14.9. The van der Waals surface area contributed by atoms with Crippen LogP contribution in [0.4, 0.5) is 0 Å². The molecule has 0 spiro atoms. The number of likely N-dealkylation sites (tertiary alicyclic amines) is 1. The second-order valence-corrected chi connectivity index (χ2v) is 6.39. The van der Waals surface area contributed by atoms with Crippen molar-refractivity contribution in [1.29, 1.82) is 0 Å². The van der Waals surface area contributed by atoms with Crippen molar-refractivity contribution in [3.05, 3.63) is 59.9 Å². The van der Waals surface area contributed by atoms with Crippen LogP contribution in [0.2, 0.25) is 0 Å². The lowest BCUT2D eigenvalue weighted by molar-refractivity contribution is -0.145. The van der Waals surface area contributed by atoms with Crippen molar-refractivity contribution in [1.82, 2.24) is 9.88 Å². The van der Waals surface area contributed by atoms with Crippen molar-refractivity contribution < 1.29 is 19.4 Å². The number of carboxylic acid groups (broad SMARTS) is 1. The van der Waals surface area contributed by atoms with Gasteiger partial charge in [0.1, 0.15) is 11.8 Å². The van der Waals surface area contributed by atoms with Gasteiger partial charge in [0.25, 0.3) is 0 Å². The van der Waals surface area contributed by atoms with Crippen LogP contribution in [0.5, 0.6) is 5.75 Å². The molecule has 1 atom stereocenters. The Bertz CT molecular complexity index is 715. The number of carboxylic acids is 1. The zero-order chi connectivity index (χ0) is 18.4. The molecular formula is C20H24N2O4. The van der Waals surface area contributed by atoms with Crippen LogP contribution in [0.3, 0.4) is 0 Å². The third kappa shape index (κ3) is 4.39. The fraction of sp³-hybridized carbons (Fsp3) is 0.400. The van der Waals surface area contributed by atoms with Crippen LogP contribution in [-0.4, -0.2) is 47.3 Å². The fourth-order valence-corrected chi connectivity index (χ4v) is 3.38. The van der Waals surface area contributed by atoms with Crippen molar-refractivity contribution in [3.63, 3.8) is 0 Å². The van der Waals surface area contributed by atoms with Gasteiger partial charge in [-0.05, 0) is 30.5 Å². The number of hydrogen-bond acceptors (Lipinski definition) is 5. The molecule has 0 radical (unpaired) electrons. The molecule has 1 N–H and O–H groups in total. The van der Waals surface area contributed by atoms with E-state index >= 15 is 0 Å². The predicted octanol–water partition coefficient (Wildman–Crippen LogP) is 2.90. The van der Waals surface area contributed by atoms with E-state index in [0.29, 0.717) is 31.0 Å². The second-order valence-electron chi connectivity index (χ2n) is 6.39. The highest BCUT2D eigenvalue weighted by atomic mass is 16.5. The van der Waals surface area contributed by atoms with Crippen molar-refractivity contribution >= 4 is 5.97 Å². The van der Waals surface area contributed by atoms with Gasteiger partial charge in [-0.15, -0.1) is 0 Å². The van der Waals surface area contributed by atoms with Gasteiger partial charge >= 0.3 is 5.97 Å². The first-order valence-corrected chi connectivity index (χ1v) is 8.79. The van der Waals surface area contributed by atoms with Crippen LogP contribution in [0.1, 0.15) is 30.0 Å². The van der Waals surface area contributed by atoms with Crippen molar-refractivity contribution in [2.45, 2.75) is 31.6 Å². The van der Waals surface area contributed by atoms with E-state index < -0.39 is 12.0 Å². The maximum atomic E-state index is 11.9. The highest BCUT2D eigenvalue weighted by molar-refractivity contribution is 5.76. The molecule has 6 heteroatoms. The number of pyridine rings is 1. The molecule has 2 aromatic rings. The summed E-state index contributed by atoms with van der Waals surface area (Å²) in [6, 6.07) is 10.5. The highest BCUT2D eigenvalue weighted by Crippen LogP contribution is 2.32. The number of para-hydroxylation sites is 1. The summed E-state index contributed by atoms with van der Waals surface area (Å²) in [6.07, 6.45) is 5.29. The van der Waals surface area contributed by atoms with E-state index in [2.05, 4.69) is 4.98 Å². The largest absolute Gasteiger partial charge is 0.496 e. The van der Waals surface area contributed by atoms with E-state index in [1.165, 1.54) is 0 Å². The minimum Gasteiger partial charge on any atom is -0.496 e.